The molecule has 0 spiro atoms. The minimum atomic E-state index is -0.870. The maximum absolute atomic E-state index is 13.5. The van der Waals surface area contributed by atoms with E-state index >= 15 is 0 Å². The summed E-state index contributed by atoms with van der Waals surface area (Å²) in [7, 11) is 0. The van der Waals surface area contributed by atoms with Gasteiger partial charge in [0.1, 0.15) is 24.2 Å². The molecule has 0 aromatic heterocycles. The molecule has 0 heterocycles. The summed E-state index contributed by atoms with van der Waals surface area (Å²) in [6.07, 6.45) is 46.5. The van der Waals surface area contributed by atoms with Crippen LogP contribution in [0.5, 0.6) is 0 Å². The maximum Gasteiger partial charge on any atom is 0.328 e. The third-order valence-electron chi connectivity index (χ3n) is 20.9. The first-order valence-electron chi connectivity index (χ1n) is 45.0. The third kappa shape index (κ3) is 42.5. The predicted octanol–water partition coefficient (Wildman–Crippen LogP) is 21.6. The smallest absolute Gasteiger partial charge is 0.328 e. The average molecular weight is 1610 g/mol. The van der Waals surface area contributed by atoms with Crippen LogP contribution in [0.25, 0.3) is 0 Å². The Morgan fingerprint density at radius 2 is 0.381 bits per heavy atom. The molecule has 0 fully saturated rings. The monoisotopic (exact) mass is 1610 g/mol. The molecule has 0 unspecified atom stereocenters. The van der Waals surface area contributed by atoms with E-state index in [1.807, 2.05) is 0 Å². The Kier molecular flexibility index (Phi) is 51.4. The first-order valence-corrected chi connectivity index (χ1v) is 45.0. The average Bonchev–Trinajstić information content (AvgIpc) is 0.833. The standard InChI is InChI=1S/C102H138N4O12/c1-9-13-17-21-25-29-33-37-41-45-73-115-99(111)79(5)103-95(107)87-61-49-83(50-62-87)57-69-91-77-93(71-59-85-53-65-89(66-54-85)97(109)105-81(7)101(113)117-75-47-43-39-35-31-27-23-19-15-11-3)94(72-60-86-55-67-90(68-56-86)98(110)106-82(8)102(114)118-76-48-44-40-36-32-28-24-20-16-12-4)78-92(91)70-58-84-51-63-88(64-52-84)96(108)104-80(6)100(112)116-74-46-42-38-34-30-26-22-18-14-10-2/h49-56,61-68,77-82H,9-48,73-76H2,1-8H3,(H,103,107)(H,104,108)(H,105,109)(H,106,110)/t79-,80-,81-,82-/m0/s1. The molecule has 4 N–H and O–H groups in total. The van der Waals surface area contributed by atoms with Crippen LogP contribution < -0.4 is 21.3 Å². The van der Waals surface area contributed by atoms with E-state index < -0.39 is 71.7 Å². The van der Waals surface area contributed by atoms with Crippen molar-refractivity contribution in [3.05, 3.63) is 176 Å². The van der Waals surface area contributed by atoms with Crippen molar-refractivity contribution in [3.63, 3.8) is 0 Å². The number of nitrogens with one attached hydrogen (secondary N) is 4. The van der Waals surface area contributed by atoms with Crippen LogP contribution in [0.4, 0.5) is 0 Å². The Labute approximate surface area is 708 Å². The number of unbranched alkanes of at least 4 members (excludes halogenated alkanes) is 36. The van der Waals surface area contributed by atoms with Gasteiger partial charge in [-0.1, -0.05) is 306 Å². The van der Waals surface area contributed by atoms with Crippen molar-refractivity contribution in [3.8, 4) is 47.4 Å². The molecule has 0 saturated carbocycles. The molecular formula is C102H138N4O12. The summed E-state index contributed by atoms with van der Waals surface area (Å²) in [4.78, 5) is 106. The van der Waals surface area contributed by atoms with E-state index in [2.05, 4.69) is 96.3 Å². The molecule has 0 saturated heterocycles. The molecule has 0 aliphatic rings. The van der Waals surface area contributed by atoms with Gasteiger partial charge < -0.3 is 40.2 Å². The highest BCUT2D eigenvalue weighted by atomic mass is 16.5. The van der Waals surface area contributed by atoms with Crippen LogP contribution in [0.15, 0.2) is 109 Å². The minimum Gasteiger partial charge on any atom is -0.464 e. The Hall–Kier alpha value is -9.90. The number of esters is 4. The van der Waals surface area contributed by atoms with Gasteiger partial charge in [-0.15, -0.1) is 0 Å². The van der Waals surface area contributed by atoms with Gasteiger partial charge in [0, 0.05) is 66.8 Å². The summed E-state index contributed by atoms with van der Waals surface area (Å²) >= 11 is 0. The number of ether oxygens (including phenoxy) is 4. The number of hydrogen-bond acceptors (Lipinski definition) is 12. The topological polar surface area (TPSA) is 222 Å². The lowest BCUT2D eigenvalue weighted by molar-refractivity contribution is -0.146. The SMILES string of the molecule is CCCCCCCCCCCCOC(=O)[C@H](C)NC(=O)c1ccc(C#Cc2cc(C#Cc3ccc(C(=O)N[C@@H](C)C(=O)OCCCCCCCCCCCC)cc3)c(C#Cc3ccc(C(=O)N[C@@H](C)C(=O)OCCCCCCCCCCCC)cc3)cc2C#Cc2ccc(C(=O)N[C@@H](C)C(=O)OCCCCCCCCCCCC)cc2)cc1. The minimum absolute atomic E-state index is 0.296. The molecule has 638 valence electrons. The van der Waals surface area contributed by atoms with Crippen LogP contribution in [-0.2, 0) is 38.1 Å². The van der Waals surface area contributed by atoms with Crippen LogP contribution in [0, 0.1) is 47.4 Å². The lowest BCUT2D eigenvalue weighted by Gasteiger charge is -2.13. The molecule has 0 bridgehead atoms. The van der Waals surface area contributed by atoms with Crippen LogP contribution in [0.3, 0.4) is 0 Å². The highest BCUT2D eigenvalue weighted by Crippen LogP contribution is 2.21. The van der Waals surface area contributed by atoms with E-state index in [0.29, 0.717) is 93.2 Å². The zero-order valence-electron chi connectivity index (χ0n) is 72.7. The fourth-order valence-electron chi connectivity index (χ4n) is 13.3. The molecule has 4 atom stereocenters. The van der Waals surface area contributed by atoms with Crippen molar-refractivity contribution < 1.29 is 57.3 Å². The lowest BCUT2D eigenvalue weighted by Crippen LogP contribution is -2.39. The Morgan fingerprint density at radius 1 is 0.229 bits per heavy atom. The van der Waals surface area contributed by atoms with E-state index in [9.17, 15) is 38.4 Å². The predicted molar refractivity (Wildman–Crippen MR) is 475 cm³/mol. The van der Waals surface area contributed by atoms with Crippen LogP contribution >= 0.6 is 0 Å². The lowest BCUT2D eigenvalue weighted by atomic mass is 9.97. The van der Waals surface area contributed by atoms with Gasteiger partial charge in [-0.3, -0.25) is 19.2 Å². The number of amides is 4. The quantitative estimate of drug-likeness (QED) is 0.0124. The highest BCUT2D eigenvalue weighted by Gasteiger charge is 2.23. The van der Waals surface area contributed by atoms with Crippen LogP contribution in [-0.4, -0.2) is 98.1 Å². The molecule has 0 radical (unpaired) electrons. The van der Waals surface area contributed by atoms with E-state index in [1.54, 1.807) is 137 Å². The third-order valence-corrected chi connectivity index (χ3v) is 20.9. The molecule has 4 amide bonds. The molecule has 16 heteroatoms. The molecule has 16 nitrogen and oxygen atoms in total. The molecule has 0 aliphatic carbocycles. The molecule has 5 aromatic rings. The number of carbonyl (C=O) groups excluding carboxylic acids is 8. The normalized spacial score (nSPS) is 11.7. The van der Waals surface area contributed by atoms with Crippen molar-refractivity contribution >= 4 is 47.5 Å². The fourth-order valence-corrected chi connectivity index (χ4v) is 13.3. The first kappa shape index (κ1) is 98.7. The van der Waals surface area contributed by atoms with Gasteiger partial charge in [-0.2, -0.15) is 0 Å². The molecule has 0 aliphatic heterocycles. The van der Waals surface area contributed by atoms with Crippen molar-refractivity contribution in [2.75, 3.05) is 26.4 Å². The van der Waals surface area contributed by atoms with E-state index in [1.165, 1.54) is 180 Å². The fraction of sp³-hybridized carbons (Fsp3) is 0.549. The van der Waals surface area contributed by atoms with Crippen molar-refractivity contribution in [1.82, 2.24) is 21.3 Å². The zero-order chi connectivity index (χ0) is 85.0. The van der Waals surface area contributed by atoms with Crippen molar-refractivity contribution in [2.24, 2.45) is 0 Å². The molecule has 118 heavy (non-hydrogen) atoms. The van der Waals surface area contributed by atoms with E-state index in [-0.39, 0.29) is 0 Å². The van der Waals surface area contributed by atoms with E-state index in [0.717, 1.165) is 77.0 Å². The number of hydrogen-bond donors (Lipinski definition) is 4. The molecular weight excluding hydrogens is 1470 g/mol. The van der Waals surface area contributed by atoms with Crippen LogP contribution in [0.2, 0.25) is 0 Å². The number of carbonyl (C=O) groups is 8. The highest BCUT2D eigenvalue weighted by molar-refractivity contribution is 5.99. The van der Waals surface area contributed by atoms with Crippen molar-refractivity contribution in [1.29, 1.82) is 0 Å². The second-order valence-electron chi connectivity index (χ2n) is 31.4. The van der Waals surface area contributed by atoms with Crippen LogP contribution in [0.1, 0.15) is 398 Å². The second kappa shape index (κ2) is 61.4. The summed E-state index contributed by atoms with van der Waals surface area (Å²) in [6.45, 7) is 16.5. The Bertz CT molecular complexity index is 3540. The summed E-state index contributed by atoms with van der Waals surface area (Å²) in [5.74, 6) is 22.4. The largest absolute Gasteiger partial charge is 0.464 e. The van der Waals surface area contributed by atoms with Crippen molar-refractivity contribution in [2.45, 2.75) is 336 Å². The Balaban J connectivity index is 1.41. The van der Waals surface area contributed by atoms with E-state index in [4.69, 9.17) is 18.9 Å². The second-order valence-corrected chi connectivity index (χ2v) is 31.4. The summed E-state index contributed by atoms with van der Waals surface area (Å²) in [5, 5.41) is 11.1. The van der Waals surface area contributed by atoms with Gasteiger partial charge in [-0.05, 0) is 163 Å². The summed E-state index contributed by atoms with van der Waals surface area (Å²) < 4.78 is 22.1. The first-order chi connectivity index (χ1) is 57.4. The molecule has 5 aromatic carbocycles. The van der Waals surface area contributed by atoms with Gasteiger partial charge >= 0.3 is 23.9 Å². The summed E-state index contributed by atoms with van der Waals surface area (Å²) in [5.41, 5.74) is 5.39. The number of rotatable bonds is 56. The van der Waals surface area contributed by atoms with Gasteiger partial charge in [0.2, 0.25) is 0 Å². The maximum atomic E-state index is 13.5. The van der Waals surface area contributed by atoms with Gasteiger partial charge in [-0.25, -0.2) is 19.2 Å². The molecule has 5 rings (SSSR count). The van der Waals surface area contributed by atoms with Gasteiger partial charge in [0.15, 0.2) is 0 Å². The number of benzene rings is 5. The zero-order valence-corrected chi connectivity index (χ0v) is 72.7. The van der Waals surface area contributed by atoms with Gasteiger partial charge in [0.05, 0.1) is 26.4 Å². The summed E-state index contributed by atoms with van der Waals surface area (Å²) in [6, 6.07) is 26.9. The van der Waals surface area contributed by atoms with Gasteiger partial charge in [0.25, 0.3) is 23.6 Å². The Morgan fingerprint density at radius 3 is 0.542 bits per heavy atom.